The molecule has 0 aliphatic rings. The van der Waals surface area contributed by atoms with Crippen LogP contribution in [0.25, 0.3) is 0 Å². The van der Waals surface area contributed by atoms with E-state index in [4.69, 9.17) is 5.73 Å². The molecule has 3 aromatic rings. The first-order valence-corrected chi connectivity index (χ1v) is 7.06. The Labute approximate surface area is 131 Å². The molecule has 0 spiro atoms. The van der Waals surface area contributed by atoms with E-state index in [9.17, 15) is 9.59 Å². The molecule has 0 radical (unpaired) electrons. The van der Waals surface area contributed by atoms with Gasteiger partial charge in [0, 0.05) is 17.6 Å². The summed E-state index contributed by atoms with van der Waals surface area (Å²) in [5, 5.41) is 5.98. The Morgan fingerprint density at radius 2 is 1.91 bits per heavy atom. The van der Waals surface area contributed by atoms with Crippen LogP contribution in [0.15, 0.2) is 42.9 Å². The van der Waals surface area contributed by atoms with Crippen LogP contribution in [-0.2, 0) is 17.6 Å². The molecule has 0 saturated carbocycles. The van der Waals surface area contributed by atoms with Crippen molar-refractivity contribution in [3.8, 4) is 0 Å². The van der Waals surface area contributed by atoms with Gasteiger partial charge < -0.3 is 10.7 Å². The van der Waals surface area contributed by atoms with Gasteiger partial charge in [-0.25, -0.2) is 4.98 Å². The van der Waals surface area contributed by atoms with Gasteiger partial charge in [0.05, 0.1) is 6.42 Å². The molecular weight excluding hydrogens is 294 g/mol. The number of hydrogen-bond donors (Lipinski definition) is 3. The van der Waals surface area contributed by atoms with Crippen molar-refractivity contribution >= 4 is 17.3 Å². The molecule has 116 valence electrons. The molecule has 7 nitrogen and oxygen atoms in total. The molecule has 2 aromatic heterocycles. The van der Waals surface area contributed by atoms with E-state index in [0.717, 1.165) is 16.8 Å². The topological polar surface area (TPSA) is 118 Å². The van der Waals surface area contributed by atoms with E-state index in [0.29, 0.717) is 12.1 Å². The number of H-pyrrole nitrogens is 2. The van der Waals surface area contributed by atoms with Crippen LogP contribution < -0.4 is 5.73 Å². The zero-order valence-corrected chi connectivity index (χ0v) is 12.2. The van der Waals surface area contributed by atoms with Crippen LogP contribution in [-0.4, -0.2) is 31.7 Å². The minimum absolute atomic E-state index is 0.00314. The van der Waals surface area contributed by atoms with Crippen LogP contribution in [0.5, 0.6) is 0 Å². The predicted molar refractivity (Wildman–Crippen MR) is 83.9 cm³/mol. The molecule has 0 saturated heterocycles. The second kappa shape index (κ2) is 6.27. The predicted octanol–water partition coefficient (Wildman–Crippen LogP) is 1.30. The van der Waals surface area contributed by atoms with Gasteiger partial charge in [0.25, 0.3) is 5.78 Å². The van der Waals surface area contributed by atoms with Crippen molar-refractivity contribution in [1.29, 1.82) is 0 Å². The molecule has 0 bridgehead atoms. The minimum atomic E-state index is -0.671. The first-order chi connectivity index (χ1) is 11.1. The first kappa shape index (κ1) is 14.7. The van der Waals surface area contributed by atoms with Gasteiger partial charge in [-0.1, -0.05) is 12.1 Å². The normalized spacial score (nSPS) is 10.6. The Balaban J connectivity index is 1.72. The van der Waals surface area contributed by atoms with Gasteiger partial charge in [-0.2, -0.15) is 5.10 Å². The SMILES string of the molecule is Nc1ccc(Cc2cc[nH]c2CC(=O)C(=O)c2ncn[nH]2)cc1. The lowest BCUT2D eigenvalue weighted by Gasteiger charge is -2.04. The van der Waals surface area contributed by atoms with E-state index in [-0.39, 0.29) is 12.2 Å². The number of aromatic amines is 2. The Morgan fingerprint density at radius 3 is 2.61 bits per heavy atom. The fourth-order valence-corrected chi connectivity index (χ4v) is 2.31. The lowest BCUT2D eigenvalue weighted by Crippen LogP contribution is -2.19. The average molecular weight is 309 g/mol. The monoisotopic (exact) mass is 309 g/mol. The summed E-state index contributed by atoms with van der Waals surface area (Å²) in [7, 11) is 0. The number of nitrogens with zero attached hydrogens (tertiary/aromatic N) is 2. The van der Waals surface area contributed by atoms with E-state index in [1.54, 1.807) is 6.20 Å². The van der Waals surface area contributed by atoms with E-state index in [1.165, 1.54) is 6.33 Å². The maximum Gasteiger partial charge on any atom is 0.265 e. The van der Waals surface area contributed by atoms with Crippen molar-refractivity contribution in [2.75, 3.05) is 5.73 Å². The lowest BCUT2D eigenvalue weighted by atomic mass is 10.0. The molecule has 4 N–H and O–H groups in total. The quantitative estimate of drug-likeness (QED) is 0.360. The number of nitrogen functional groups attached to an aromatic ring is 1. The van der Waals surface area contributed by atoms with Crippen molar-refractivity contribution < 1.29 is 9.59 Å². The van der Waals surface area contributed by atoms with Gasteiger partial charge in [-0.3, -0.25) is 14.7 Å². The number of anilines is 1. The summed E-state index contributed by atoms with van der Waals surface area (Å²) in [6.45, 7) is 0. The highest BCUT2D eigenvalue weighted by Crippen LogP contribution is 2.16. The summed E-state index contributed by atoms with van der Waals surface area (Å²) >= 11 is 0. The number of ketones is 2. The third kappa shape index (κ3) is 3.34. The van der Waals surface area contributed by atoms with Crippen LogP contribution in [0.2, 0.25) is 0 Å². The van der Waals surface area contributed by atoms with Crippen LogP contribution >= 0.6 is 0 Å². The van der Waals surface area contributed by atoms with Crippen molar-refractivity contribution in [1.82, 2.24) is 20.2 Å². The zero-order valence-electron chi connectivity index (χ0n) is 12.2. The summed E-state index contributed by atoms with van der Waals surface area (Å²) in [5.41, 5.74) is 9.14. The number of carbonyl (C=O) groups is 2. The Kier molecular flexibility index (Phi) is 4.01. The molecule has 23 heavy (non-hydrogen) atoms. The Bertz CT molecular complexity index is 819. The zero-order chi connectivity index (χ0) is 16.2. The highest BCUT2D eigenvalue weighted by Gasteiger charge is 2.21. The van der Waals surface area contributed by atoms with Crippen molar-refractivity contribution in [2.24, 2.45) is 0 Å². The van der Waals surface area contributed by atoms with E-state index >= 15 is 0 Å². The molecule has 0 aliphatic heterocycles. The maximum atomic E-state index is 12.1. The number of nitrogens with two attached hydrogens (primary N) is 1. The highest BCUT2D eigenvalue weighted by molar-refractivity contribution is 6.43. The standard InChI is InChI=1S/C16H15N5O2/c17-12-3-1-10(2-4-12)7-11-5-6-18-13(11)8-14(22)15(23)16-19-9-20-21-16/h1-6,9,18H,7-8,17H2,(H,19,20,21). The molecule has 0 aliphatic carbocycles. The summed E-state index contributed by atoms with van der Waals surface area (Å²) in [5.74, 6) is -1.25. The number of aromatic nitrogens is 4. The number of rotatable bonds is 6. The van der Waals surface area contributed by atoms with Crippen LogP contribution in [0, 0.1) is 0 Å². The van der Waals surface area contributed by atoms with Crippen LogP contribution in [0.1, 0.15) is 27.4 Å². The minimum Gasteiger partial charge on any atom is -0.399 e. The number of benzene rings is 1. The molecule has 0 unspecified atom stereocenters. The second-order valence-electron chi connectivity index (χ2n) is 5.16. The van der Waals surface area contributed by atoms with Gasteiger partial charge in [0.2, 0.25) is 5.78 Å². The van der Waals surface area contributed by atoms with Gasteiger partial charge >= 0.3 is 0 Å². The molecule has 0 atom stereocenters. The van der Waals surface area contributed by atoms with E-state index < -0.39 is 11.6 Å². The molecule has 2 heterocycles. The maximum absolute atomic E-state index is 12.1. The number of hydrogen-bond acceptors (Lipinski definition) is 5. The summed E-state index contributed by atoms with van der Waals surface area (Å²) in [4.78, 5) is 30.7. The van der Waals surface area contributed by atoms with Crippen molar-refractivity contribution in [3.63, 3.8) is 0 Å². The molecule has 1 aromatic carbocycles. The third-order valence-electron chi connectivity index (χ3n) is 3.52. The fraction of sp³-hybridized carbons (Fsp3) is 0.125. The largest absolute Gasteiger partial charge is 0.399 e. The van der Waals surface area contributed by atoms with Crippen molar-refractivity contribution in [2.45, 2.75) is 12.8 Å². The number of nitrogens with one attached hydrogen (secondary N) is 2. The van der Waals surface area contributed by atoms with Gasteiger partial charge in [-0.05, 0) is 35.7 Å². The smallest absolute Gasteiger partial charge is 0.265 e. The number of Topliss-reactive ketones (excluding diaryl/α,β-unsaturated/α-hetero) is 2. The van der Waals surface area contributed by atoms with Gasteiger partial charge in [0.1, 0.15) is 6.33 Å². The lowest BCUT2D eigenvalue weighted by molar-refractivity contribution is -0.114. The van der Waals surface area contributed by atoms with Crippen LogP contribution in [0.4, 0.5) is 5.69 Å². The Morgan fingerprint density at radius 1 is 1.13 bits per heavy atom. The number of carbonyl (C=O) groups excluding carboxylic acids is 2. The summed E-state index contributed by atoms with van der Waals surface area (Å²) in [6, 6.07) is 9.44. The molecular formula is C16H15N5O2. The van der Waals surface area contributed by atoms with Crippen molar-refractivity contribution in [3.05, 3.63) is 65.5 Å². The van der Waals surface area contributed by atoms with Gasteiger partial charge in [-0.15, -0.1) is 0 Å². The van der Waals surface area contributed by atoms with Gasteiger partial charge in [0.15, 0.2) is 5.82 Å². The second-order valence-corrected chi connectivity index (χ2v) is 5.16. The summed E-state index contributed by atoms with van der Waals surface area (Å²) in [6.07, 6.45) is 3.61. The fourth-order valence-electron chi connectivity index (χ4n) is 2.31. The highest BCUT2D eigenvalue weighted by atomic mass is 16.2. The first-order valence-electron chi connectivity index (χ1n) is 7.06. The summed E-state index contributed by atoms with van der Waals surface area (Å²) < 4.78 is 0. The third-order valence-corrected chi connectivity index (χ3v) is 3.52. The average Bonchev–Trinajstić information content (AvgIpc) is 3.21. The van der Waals surface area contributed by atoms with E-state index in [1.807, 2.05) is 30.3 Å². The Hall–Kier alpha value is -3.22. The van der Waals surface area contributed by atoms with E-state index in [2.05, 4.69) is 20.2 Å². The van der Waals surface area contributed by atoms with Crippen LogP contribution in [0.3, 0.4) is 0 Å². The molecule has 0 amide bonds. The molecule has 0 fully saturated rings. The molecule has 3 rings (SSSR count). The molecule has 7 heteroatoms.